The predicted octanol–water partition coefficient (Wildman–Crippen LogP) is -2.65. The van der Waals surface area contributed by atoms with Crippen molar-refractivity contribution in [2.45, 2.75) is 12.8 Å². The smallest absolute Gasteiger partial charge is 0.314 e. The van der Waals surface area contributed by atoms with Crippen molar-refractivity contribution in [2.24, 2.45) is 0 Å². The summed E-state index contributed by atoms with van der Waals surface area (Å²) < 4.78 is 0. The van der Waals surface area contributed by atoms with Crippen LogP contribution in [0.15, 0.2) is 0 Å². The Morgan fingerprint density at radius 1 is 0.875 bits per heavy atom. The van der Waals surface area contributed by atoms with E-state index >= 15 is 0 Å². The fraction of sp³-hybridized carbons (Fsp3) is 0.909. The molecule has 0 saturated heterocycles. The Kier molecular flexibility index (Phi) is 8.94. The number of quaternary nitrogens is 2. The summed E-state index contributed by atoms with van der Waals surface area (Å²) in [4.78, 5) is 14.1. The lowest BCUT2D eigenvalue weighted by Crippen LogP contribution is -3.05. The summed E-state index contributed by atoms with van der Waals surface area (Å²) in [6.07, 6.45) is 2.05. The zero-order chi connectivity index (χ0) is 12.4. The molecule has 0 unspecified atom stereocenters. The van der Waals surface area contributed by atoms with Crippen LogP contribution in [0.1, 0.15) is 12.8 Å². The second-order valence-electron chi connectivity index (χ2n) is 4.80. The molecule has 0 fully saturated rings. The van der Waals surface area contributed by atoms with E-state index in [1.165, 1.54) is 9.80 Å². The molecular weight excluding hydrogens is 204 g/mol. The number of hydrogen-bond acceptors (Lipinski definition) is 1. The van der Waals surface area contributed by atoms with Crippen molar-refractivity contribution in [3.63, 3.8) is 0 Å². The van der Waals surface area contributed by atoms with Gasteiger partial charge in [-0.1, -0.05) is 0 Å². The molecule has 0 heterocycles. The van der Waals surface area contributed by atoms with Crippen LogP contribution in [0, 0.1) is 0 Å². The summed E-state index contributed by atoms with van der Waals surface area (Å²) in [6.45, 7) is 3.69. The zero-order valence-corrected chi connectivity index (χ0v) is 11.2. The van der Waals surface area contributed by atoms with Crippen molar-refractivity contribution >= 4 is 6.03 Å². The van der Waals surface area contributed by atoms with Crippen LogP contribution in [-0.2, 0) is 0 Å². The third kappa shape index (κ3) is 11.3. The van der Waals surface area contributed by atoms with Crippen LogP contribution in [0.25, 0.3) is 0 Å². The first-order valence-electron chi connectivity index (χ1n) is 6.12. The van der Waals surface area contributed by atoms with Crippen LogP contribution >= 0.6 is 0 Å². The monoisotopic (exact) mass is 232 g/mol. The lowest BCUT2D eigenvalue weighted by atomic mass is 10.4. The topological polar surface area (TPSA) is 50.0 Å². The van der Waals surface area contributed by atoms with Gasteiger partial charge in [0.05, 0.1) is 41.3 Å². The summed E-state index contributed by atoms with van der Waals surface area (Å²) in [6, 6.07) is -0.0393. The number of carbonyl (C=O) groups excluding carboxylic acids is 1. The molecule has 0 atom stereocenters. The molecule has 0 aromatic carbocycles. The molecule has 0 rings (SSSR count). The van der Waals surface area contributed by atoms with Gasteiger partial charge in [0.1, 0.15) is 0 Å². The molecule has 96 valence electrons. The molecule has 0 saturated carbocycles. The molecule has 5 heteroatoms. The number of urea groups is 1. The van der Waals surface area contributed by atoms with Gasteiger partial charge in [-0.25, -0.2) is 4.79 Å². The molecule has 2 amide bonds. The minimum atomic E-state index is -0.0393. The number of amides is 2. The number of rotatable bonds is 8. The first kappa shape index (κ1) is 15.2. The average molecular weight is 232 g/mol. The van der Waals surface area contributed by atoms with Gasteiger partial charge in [0.25, 0.3) is 0 Å². The Morgan fingerprint density at radius 3 is 1.56 bits per heavy atom. The van der Waals surface area contributed by atoms with Crippen LogP contribution < -0.4 is 20.4 Å². The Hall–Kier alpha value is -0.810. The first-order valence-corrected chi connectivity index (χ1v) is 6.12. The van der Waals surface area contributed by atoms with Crippen molar-refractivity contribution in [3.8, 4) is 0 Å². The first-order chi connectivity index (χ1) is 7.52. The molecule has 5 nitrogen and oxygen atoms in total. The van der Waals surface area contributed by atoms with E-state index in [4.69, 9.17) is 0 Å². The number of carbonyl (C=O) groups is 1. The van der Waals surface area contributed by atoms with Crippen molar-refractivity contribution in [1.82, 2.24) is 10.6 Å². The third-order valence-electron chi connectivity index (χ3n) is 2.28. The van der Waals surface area contributed by atoms with Gasteiger partial charge in [-0.2, -0.15) is 0 Å². The fourth-order valence-corrected chi connectivity index (χ4v) is 1.35. The quantitative estimate of drug-likeness (QED) is 0.340. The SMILES string of the molecule is C[NH+](C)CCCNC(=O)NCCC[NH+](C)C. The van der Waals surface area contributed by atoms with Gasteiger partial charge in [-0.05, 0) is 0 Å². The Labute approximate surface area is 99.2 Å². The highest BCUT2D eigenvalue weighted by atomic mass is 16.2. The van der Waals surface area contributed by atoms with Gasteiger partial charge < -0.3 is 20.4 Å². The van der Waals surface area contributed by atoms with Gasteiger partial charge in [0.2, 0.25) is 0 Å². The molecule has 4 N–H and O–H groups in total. The molecular formula is C11H28N4O+2. The van der Waals surface area contributed by atoms with Crippen LogP contribution in [0.4, 0.5) is 4.79 Å². The third-order valence-corrected chi connectivity index (χ3v) is 2.28. The van der Waals surface area contributed by atoms with Gasteiger partial charge in [-0.3, -0.25) is 0 Å². The van der Waals surface area contributed by atoms with Gasteiger partial charge in [0.15, 0.2) is 0 Å². The minimum Gasteiger partial charge on any atom is -0.340 e. The fourth-order valence-electron chi connectivity index (χ4n) is 1.35. The molecule has 0 aliphatic heterocycles. The number of hydrogen-bond donors (Lipinski definition) is 4. The average Bonchev–Trinajstić information content (AvgIpc) is 2.19. The van der Waals surface area contributed by atoms with E-state index in [9.17, 15) is 4.79 Å². The van der Waals surface area contributed by atoms with Crippen molar-refractivity contribution in [1.29, 1.82) is 0 Å². The lowest BCUT2D eigenvalue weighted by molar-refractivity contribution is -0.858. The zero-order valence-electron chi connectivity index (χ0n) is 11.2. The van der Waals surface area contributed by atoms with Crippen LogP contribution in [-0.4, -0.2) is 60.4 Å². The van der Waals surface area contributed by atoms with Gasteiger partial charge in [0, 0.05) is 25.9 Å². The van der Waals surface area contributed by atoms with Crippen molar-refractivity contribution < 1.29 is 14.6 Å². The molecule has 0 spiro atoms. The van der Waals surface area contributed by atoms with E-state index in [0.717, 1.165) is 39.0 Å². The van der Waals surface area contributed by atoms with E-state index in [2.05, 4.69) is 38.8 Å². The molecule has 16 heavy (non-hydrogen) atoms. The summed E-state index contributed by atoms with van der Waals surface area (Å²) in [7, 11) is 8.46. The number of nitrogens with one attached hydrogen (secondary N) is 4. The van der Waals surface area contributed by atoms with Gasteiger partial charge in [-0.15, -0.1) is 0 Å². The van der Waals surface area contributed by atoms with E-state index in [1.807, 2.05) is 0 Å². The van der Waals surface area contributed by atoms with Crippen molar-refractivity contribution in [3.05, 3.63) is 0 Å². The normalized spacial score (nSPS) is 10.9. The highest BCUT2D eigenvalue weighted by molar-refractivity contribution is 5.73. The Bertz CT molecular complexity index is 165. The minimum absolute atomic E-state index is 0.0393. The highest BCUT2D eigenvalue weighted by Gasteiger charge is 2.00. The molecule has 0 aromatic rings. The maximum absolute atomic E-state index is 11.3. The van der Waals surface area contributed by atoms with E-state index in [0.29, 0.717) is 0 Å². The molecule has 0 aliphatic rings. The standard InChI is InChI=1S/C11H26N4O/c1-14(2)9-5-7-12-11(16)13-8-6-10-15(3)4/h5-10H2,1-4H3,(H2,12,13,16)/p+2. The molecule has 0 aromatic heterocycles. The van der Waals surface area contributed by atoms with Crippen molar-refractivity contribution in [2.75, 3.05) is 54.4 Å². The summed E-state index contributed by atoms with van der Waals surface area (Å²) >= 11 is 0. The summed E-state index contributed by atoms with van der Waals surface area (Å²) in [5, 5.41) is 5.71. The second kappa shape index (κ2) is 9.42. The summed E-state index contributed by atoms with van der Waals surface area (Å²) in [5.41, 5.74) is 0. The lowest BCUT2D eigenvalue weighted by Gasteiger charge is -2.10. The van der Waals surface area contributed by atoms with Crippen LogP contribution in [0.3, 0.4) is 0 Å². The highest BCUT2D eigenvalue weighted by Crippen LogP contribution is 1.73. The van der Waals surface area contributed by atoms with Gasteiger partial charge >= 0.3 is 6.03 Å². The summed E-state index contributed by atoms with van der Waals surface area (Å²) in [5.74, 6) is 0. The predicted molar refractivity (Wildman–Crippen MR) is 66.0 cm³/mol. The Morgan fingerprint density at radius 2 is 1.25 bits per heavy atom. The Balaban J connectivity index is 3.25. The molecule has 0 aliphatic carbocycles. The van der Waals surface area contributed by atoms with Crippen LogP contribution in [0.2, 0.25) is 0 Å². The largest absolute Gasteiger partial charge is 0.340 e. The van der Waals surface area contributed by atoms with E-state index in [-0.39, 0.29) is 6.03 Å². The second-order valence-corrected chi connectivity index (χ2v) is 4.80. The van der Waals surface area contributed by atoms with E-state index < -0.39 is 0 Å². The molecule has 0 radical (unpaired) electrons. The van der Waals surface area contributed by atoms with E-state index in [1.54, 1.807) is 0 Å². The van der Waals surface area contributed by atoms with Crippen LogP contribution in [0.5, 0.6) is 0 Å². The maximum Gasteiger partial charge on any atom is 0.314 e. The molecule has 0 bridgehead atoms. The maximum atomic E-state index is 11.3.